The van der Waals surface area contributed by atoms with Gasteiger partial charge in [-0.15, -0.1) is 23.5 Å². The van der Waals surface area contributed by atoms with E-state index in [0.29, 0.717) is 0 Å². The number of aryl methyl sites for hydroxylation is 1. The van der Waals surface area contributed by atoms with Crippen LogP contribution in [0.25, 0.3) is 0 Å². The van der Waals surface area contributed by atoms with Crippen molar-refractivity contribution in [2.24, 2.45) is 0 Å². The van der Waals surface area contributed by atoms with E-state index in [1.807, 2.05) is 31.2 Å². The molecule has 1 aliphatic rings. The average molecular weight is 236 g/mol. The van der Waals surface area contributed by atoms with Crippen molar-refractivity contribution in [3.8, 4) is 0 Å². The summed E-state index contributed by atoms with van der Waals surface area (Å²) in [6, 6.07) is 7.74. The van der Waals surface area contributed by atoms with Gasteiger partial charge in [0.05, 0.1) is 0 Å². The minimum absolute atomic E-state index is 0.121. The van der Waals surface area contributed by atoms with Crippen LogP contribution in [-0.4, -0.2) is 17.3 Å². The van der Waals surface area contributed by atoms with Gasteiger partial charge in [-0.3, -0.25) is 4.79 Å². The summed E-state index contributed by atoms with van der Waals surface area (Å²) in [4.78, 5) is 11.8. The van der Waals surface area contributed by atoms with Crippen molar-refractivity contribution in [3.63, 3.8) is 0 Å². The smallest absolute Gasteiger partial charge is 0.187 e. The van der Waals surface area contributed by atoms with E-state index >= 15 is 0 Å². The minimum Gasteiger partial charge on any atom is -0.289 e. The van der Waals surface area contributed by atoms with Gasteiger partial charge in [-0.25, -0.2) is 0 Å². The Kier molecular flexibility index (Phi) is 3.54. The van der Waals surface area contributed by atoms with Crippen molar-refractivity contribution < 1.29 is 4.79 Å². The van der Waals surface area contributed by atoms with Gasteiger partial charge in [0.1, 0.15) is 0 Å². The highest BCUT2D eigenvalue weighted by atomic mass is 32.2. The van der Waals surface area contributed by atoms with Crippen LogP contribution in [0.5, 0.6) is 0 Å². The number of benzene rings is 1. The lowest BCUT2D eigenvalue weighted by Crippen LogP contribution is -1.94. The Bertz CT molecular complexity index is 402. The fourth-order valence-electron chi connectivity index (χ4n) is 1.40. The molecule has 0 unspecified atom stereocenters. The first-order valence-electron chi connectivity index (χ1n) is 4.84. The fraction of sp³-hybridized carbons (Fsp3) is 0.250. The maximum absolute atomic E-state index is 11.8. The molecule has 1 heterocycles. The Labute approximate surface area is 98.3 Å². The van der Waals surface area contributed by atoms with Crippen LogP contribution in [0.15, 0.2) is 34.6 Å². The highest BCUT2D eigenvalue weighted by molar-refractivity contribution is 8.25. The molecule has 0 bridgehead atoms. The third-order valence-electron chi connectivity index (χ3n) is 2.12. The number of rotatable bonds is 2. The number of ketones is 1. The average Bonchev–Trinajstić information content (AvgIpc) is 2.70. The molecule has 1 fully saturated rings. The van der Waals surface area contributed by atoms with Gasteiger partial charge in [-0.1, -0.05) is 23.8 Å². The molecular weight excluding hydrogens is 224 g/mol. The summed E-state index contributed by atoms with van der Waals surface area (Å²) in [5.74, 6) is 2.37. The lowest BCUT2D eigenvalue weighted by Gasteiger charge is -1.98. The summed E-state index contributed by atoms with van der Waals surface area (Å²) >= 11 is 3.55. The fourth-order valence-corrected chi connectivity index (χ4v) is 3.68. The van der Waals surface area contributed by atoms with Gasteiger partial charge in [0.25, 0.3) is 0 Å². The topological polar surface area (TPSA) is 17.1 Å². The van der Waals surface area contributed by atoms with Crippen LogP contribution < -0.4 is 0 Å². The molecule has 0 saturated carbocycles. The highest BCUT2D eigenvalue weighted by Gasteiger charge is 2.11. The summed E-state index contributed by atoms with van der Waals surface area (Å²) in [5, 5.41) is 0. The van der Waals surface area contributed by atoms with Crippen molar-refractivity contribution in [1.82, 2.24) is 0 Å². The number of thioether (sulfide) groups is 2. The Hall–Kier alpha value is -0.670. The molecule has 1 saturated heterocycles. The molecule has 0 spiro atoms. The summed E-state index contributed by atoms with van der Waals surface area (Å²) in [6.45, 7) is 2.00. The maximum atomic E-state index is 11.8. The molecule has 2 rings (SSSR count). The van der Waals surface area contributed by atoms with Crippen LogP contribution in [0, 0.1) is 6.92 Å². The van der Waals surface area contributed by atoms with E-state index in [-0.39, 0.29) is 5.78 Å². The van der Waals surface area contributed by atoms with Crippen LogP contribution >= 0.6 is 23.5 Å². The second-order valence-corrected chi connectivity index (χ2v) is 5.93. The normalized spacial score (nSPS) is 15.4. The SMILES string of the molecule is Cc1cccc(C(=O)C=C2SCCS2)c1. The van der Waals surface area contributed by atoms with E-state index in [4.69, 9.17) is 0 Å². The molecule has 0 N–H and O–H groups in total. The molecule has 1 nitrogen and oxygen atoms in total. The Morgan fingerprint density at radius 3 is 2.73 bits per heavy atom. The molecule has 15 heavy (non-hydrogen) atoms. The maximum Gasteiger partial charge on any atom is 0.187 e. The molecule has 0 amide bonds. The molecule has 0 aliphatic carbocycles. The predicted octanol–water partition coefficient (Wildman–Crippen LogP) is 3.50. The number of carbonyl (C=O) groups is 1. The van der Waals surface area contributed by atoms with Crippen molar-refractivity contribution in [1.29, 1.82) is 0 Å². The quantitative estimate of drug-likeness (QED) is 0.578. The van der Waals surface area contributed by atoms with Gasteiger partial charge in [0.15, 0.2) is 5.78 Å². The third kappa shape index (κ3) is 2.89. The van der Waals surface area contributed by atoms with Crippen LogP contribution in [0.2, 0.25) is 0 Å². The van der Waals surface area contributed by atoms with Gasteiger partial charge in [-0.05, 0) is 13.0 Å². The number of hydrogen-bond donors (Lipinski definition) is 0. The summed E-state index contributed by atoms with van der Waals surface area (Å²) in [5.41, 5.74) is 1.92. The number of allylic oxidation sites excluding steroid dienone is 1. The van der Waals surface area contributed by atoms with Crippen molar-refractivity contribution in [3.05, 3.63) is 45.7 Å². The van der Waals surface area contributed by atoms with Crippen LogP contribution in [-0.2, 0) is 0 Å². The van der Waals surface area contributed by atoms with Crippen LogP contribution in [0.4, 0.5) is 0 Å². The third-order valence-corrected chi connectivity index (χ3v) is 4.71. The Balaban J connectivity index is 2.17. The zero-order valence-corrected chi connectivity index (χ0v) is 10.2. The van der Waals surface area contributed by atoms with Gasteiger partial charge in [-0.2, -0.15) is 0 Å². The molecule has 0 radical (unpaired) electrons. The van der Waals surface area contributed by atoms with Crippen molar-refractivity contribution in [2.45, 2.75) is 6.92 Å². The van der Waals surface area contributed by atoms with E-state index in [0.717, 1.165) is 26.9 Å². The van der Waals surface area contributed by atoms with Crippen LogP contribution in [0.3, 0.4) is 0 Å². The molecule has 3 heteroatoms. The second-order valence-electron chi connectivity index (χ2n) is 3.39. The Morgan fingerprint density at radius 1 is 1.33 bits per heavy atom. The predicted molar refractivity (Wildman–Crippen MR) is 68.5 cm³/mol. The lowest BCUT2D eigenvalue weighted by molar-refractivity contribution is 0.104. The van der Waals surface area contributed by atoms with Gasteiger partial charge >= 0.3 is 0 Å². The monoisotopic (exact) mass is 236 g/mol. The van der Waals surface area contributed by atoms with Gasteiger partial charge in [0.2, 0.25) is 0 Å². The van der Waals surface area contributed by atoms with Gasteiger partial charge < -0.3 is 0 Å². The molecule has 78 valence electrons. The van der Waals surface area contributed by atoms with E-state index < -0.39 is 0 Å². The first-order chi connectivity index (χ1) is 7.25. The molecule has 0 aromatic heterocycles. The molecule has 1 aromatic carbocycles. The van der Waals surface area contributed by atoms with Gasteiger partial charge in [0, 0.05) is 27.4 Å². The van der Waals surface area contributed by atoms with E-state index in [1.54, 1.807) is 29.6 Å². The van der Waals surface area contributed by atoms with E-state index in [2.05, 4.69) is 0 Å². The first-order valence-corrected chi connectivity index (χ1v) is 6.81. The Morgan fingerprint density at radius 2 is 2.07 bits per heavy atom. The molecule has 1 aromatic rings. The summed E-state index contributed by atoms with van der Waals surface area (Å²) in [7, 11) is 0. The summed E-state index contributed by atoms with van der Waals surface area (Å²) < 4.78 is 1.15. The number of hydrogen-bond acceptors (Lipinski definition) is 3. The van der Waals surface area contributed by atoms with E-state index in [1.165, 1.54) is 0 Å². The molecule has 0 atom stereocenters. The minimum atomic E-state index is 0.121. The standard InChI is InChI=1S/C12H12OS2/c1-9-3-2-4-10(7-9)11(13)8-12-14-5-6-15-12/h2-4,7-8H,5-6H2,1H3. The first kappa shape index (κ1) is 10.8. The zero-order chi connectivity index (χ0) is 10.7. The summed E-state index contributed by atoms with van der Waals surface area (Å²) in [6.07, 6.45) is 1.76. The van der Waals surface area contributed by atoms with Crippen molar-refractivity contribution in [2.75, 3.05) is 11.5 Å². The van der Waals surface area contributed by atoms with E-state index in [9.17, 15) is 4.79 Å². The molecule has 1 aliphatic heterocycles. The molecular formula is C12H12OS2. The zero-order valence-electron chi connectivity index (χ0n) is 8.53. The number of carbonyl (C=O) groups excluding carboxylic acids is 1. The largest absolute Gasteiger partial charge is 0.289 e. The van der Waals surface area contributed by atoms with Crippen molar-refractivity contribution >= 4 is 29.3 Å². The lowest BCUT2D eigenvalue weighted by atomic mass is 10.1. The highest BCUT2D eigenvalue weighted by Crippen LogP contribution is 2.36. The van der Waals surface area contributed by atoms with Crippen LogP contribution in [0.1, 0.15) is 15.9 Å². The second kappa shape index (κ2) is 4.90.